The molecule has 2 aromatic carbocycles. The molecule has 0 aliphatic carbocycles. The van der Waals surface area contributed by atoms with Crippen LogP contribution in [0.5, 0.6) is 0 Å². The lowest BCUT2D eigenvalue weighted by atomic mass is 9.96. The normalized spacial score (nSPS) is 12.2. The van der Waals surface area contributed by atoms with Crippen molar-refractivity contribution >= 4 is 52.4 Å². The first kappa shape index (κ1) is 16.4. The van der Waals surface area contributed by atoms with Gasteiger partial charge in [-0.1, -0.05) is 64.6 Å². The summed E-state index contributed by atoms with van der Waals surface area (Å²) in [6.07, 6.45) is -1.78. The van der Waals surface area contributed by atoms with E-state index in [0.717, 1.165) is 0 Å². The van der Waals surface area contributed by atoms with Crippen molar-refractivity contribution in [2.45, 2.75) is 6.10 Å². The van der Waals surface area contributed by atoms with Crippen molar-refractivity contribution in [3.63, 3.8) is 0 Å². The molecule has 110 valence electrons. The molecule has 0 amide bonds. The van der Waals surface area contributed by atoms with Gasteiger partial charge >= 0.3 is 5.97 Å². The molecule has 0 saturated carbocycles. The van der Waals surface area contributed by atoms with E-state index in [2.05, 4.69) is 0 Å². The second kappa shape index (κ2) is 6.42. The summed E-state index contributed by atoms with van der Waals surface area (Å²) in [4.78, 5) is 11.1. The lowest BCUT2D eigenvalue weighted by molar-refractivity contribution is -0.146. The fraction of sp³-hybridized carbons (Fsp3) is 0.0714. The molecule has 2 rings (SSSR count). The molecule has 0 aliphatic heterocycles. The number of aliphatic carboxylic acids is 1. The maximum atomic E-state index is 11.1. The average molecular weight is 366 g/mol. The van der Waals surface area contributed by atoms with Crippen LogP contribution in [0, 0.1) is 0 Å². The summed E-state index contributed by atoms with van der Waals surface area (Å²) in [5, 5.41) is 19.5. The second-order valence-electron chi connectivity index (χ2n) is 4.16. The highest BCUT2D eigenvalue weighted by Gasteiger charge is 2.24. The van der Waals surface area contributed by atoms with E-state index in [1.807, 2.05) is 0 Å². The van der Waals surface area contributed by atoms with Crippen molar-refractivity contribution in [2.24, 2.45) is 0 Å². The van der Waals surface area contributed by atoms with E-state index < -0.39 is 12.1 Å². The fourth-order valence-corrected chi connectivity index (χ4v) is 2.82. The minimum atomic E-state index is -1.78. The van der Waals surface area contributed by atoms with E-state index in [-0.39, 0.29) is 25.7 Å². The van der Waals surface area contributed by atoms with Crippen LogP contribution >= 0.6 is 46.4 Å². The van der Waals surface area contributed by atoms with Gasteiger partial charge in [0.05, 0.1) is 15.1 Å². The van der Waals surface area contributed by atoms with Crippen LogP contribution in [0.15, 0.2) is 30.3 Å². The summed E-state index contributed by atoms with van der Waals surface area (Å²) < 4.78 is 0. The highest BCUT2D eigenvalue weighted by Crippen LogP contribution is 2.42. The van der Waals surface area contributed by atoms with E-state index in [9.17, 15) is 9.90 Å². The van der Waals surface area contributed by atoms with E-state index in [1.54, 1.807) is 18.2 Å². The first-order chi connectivity index (χ1) is 9.84. The summed E-state index contributed by atoms with van der Waals surface area (Å²) in [6, 6.07) is 7.81. The third kappa shape index (κ3) is 3.12. The van der Waals surface area contributed by atoms with Gasteiger partial charge in [-0.05, 0) is 17.7 Å². The Balaban J connectivity index is 2.74. The number of aliphatic hydroxyl groups excluding tert-OH is 1. The molecule has 0 radical (unpaired) electrons. The van der Waals surface area contributed by atoms with Crippen LogP contribution in [-0.4, -0.2) is 16.2 Å². The zero-order valence-electron chi connectivity index (χ0n) is 10.3. The van der Waals surface area contributed by atoms with Gasteiger partial charge in [0.25, 0.3) is 0 Å². The maximum absolute atomic E-state index is 11.1. The molecule has 3 nitrogen and oxygen atoms in total. The third-order valence-electron chi connectivity index (χ3n) is 2.89. The first-order valence-electron chi connectivity index (χ1n) is 5.67. The molecule has 0 spiro atoms. The average Bonchev–Trinajstić information content (AvgIpc) is 2.44. The van der Waals surface area contributed by atoms with Gasteiger partial charge in [0.15, 0.2) is 6.10 Å². The van der Waals surface area contributed by atoms with Gasteiger partial charge in [-0.15, -0.1) is 0 Å². The zero-order valence-corrected chi connectivity index (χ0v) is 13.3. The zero-order chi connectivity index (χ0) is 15.7. The largest absolute Gasteiger partial charge is 0.479 e. The number of carboxylic acid groups (broad SMARTS) is 1. The Morgan fingerprint density at radius 2 is 1.57 bits per heavy atom. The predicted octanol–water partition coefficient (Wildman–Crippen LogP) is 5.09. The Hall–Kier alpha value is -0.970. The summed E-state index contributed by atoms with van der Waals surface area (Å²) in [5.41, 5.74) is 0.858. The Labute approximate surface area is 140 Å². The quantitative estimate of drug-likeness (QED) is 0.745. The summed E-state index contributed by atoms with van der Waals surface area (Å²) >= 11 is 24.0. The minimum Gasteiger partial charge on any atom is -0.479 e. The molecule has 1 unspecified atom stereocenters. The Kier molecular flexibility index (Phi) is 5.02. The van der Waals surface area contributed by atoms with Crippen LogP contribution in [0.3, 0.4) is 0 Å². The molecule has 2 aromatic rings. The molecule has 1 atom stereocenters. The lowest BCUT2D eigenvalue weighted by Gasteiger charge is -2.16. The Morgan fingerprint density at radius 3 is 2.19 bits per heavy atom. The highest BCUT2D eigenvalue weighted by atomic mass is 35.5. The van der Waals surface area contributed by atoms with Crippen molar-refractivity contribution in [3.05, 3.63) is 56.0 Å². The van der Waals surface area contributed by atoms with Crippen molar-refractivity contribution in [1.29, 1.82) is 0 Å². The first-order valence-corrected chi connectivity index (χ1v) is 7.19. The molecule has 0 fully saturated rings. The van der Waals surface area contributed by atoms with Crippen molar-refractivity contribution in [3.8, 4) is 11.1 Å². The number of aliphatic hydroxyl groups is 1. The van der Waals surface area contributed by atoms with Crippen LogP contribution in [0.1, 0.15) is 11.7 Å². The topological polar surface area (TPSA) is 57.5 Å². The molecular formula is C14H8Cl4O3. The number of halogens is 4. The highest BCUT2D eigenvalue weighted by molar-refractivity contribution is 6.49. The van der Waals surface area contributed by atoms with E-state index in [1.165, 1.54) is 12.1 Å². The number of hydrogen-bond acceptors (Lipinski definition) is 2. The molecule has 0 aliphatic rings. The number of carboxylic acids is 1. The van der Waals surface area contributed by atoms with Crippen LogP contribution in [0.2, 0.25) is 20.1 Å². The van der Waals surface area contributed by atoms with Gasteiger partial charge in [0.2, 0.25) is 0 Å². The van der Waals surface area contributed by atoms with Gasteiger partial charge in [0.1, 0.15) is 0 Å². The molecular weight excluding hydrogens is 358 g/mol. The van der Waals surface area contributed by atoms with Crippen LogP contribution in [0.25, 0.3) is 11.1 Å². The second-order valence-corrected chi connectivity index (χ2v) is 5.74. The molecule has 0 saturated heterocycles. The van der Waals surface area contributed by atoms with E-state index in [4.69, 9.17) is 51.5 Å². The monoisotopic (exact) mass is 364 g/mol. The molecule has 7 heteroatoms. The standard InChI is InChI=1S/C14H8Cl4O3/c15-8-3-1-2-6(10(8)13(19)14(20)21)7-4-5-9(16)12(18)11(7)17/h1-5,13,19H,(H,20,21). The number of hydrogen-bond donors (Lipinski definition) is 2. The van der Waals surface area contributed by atoms with Gasteiger partial charge < -0.3 is 10.2 Å². The molecule has 0 bridgehead atoms. The predicted molar refractivity (Wildman–Crippen MR) is 84.5 cm³/mol. The lowest BCUT2D eigenvalue weighted by Crippen LogP contribution is -2.12. The van der Waals surface area contributed by atoms with Crippen LogP contribution < -0.4 is 0 Å². The minimum absolute atomic E-state index is 0.0481. The summed E-state index contributed by atoms with van der Waals surface area (Å²) in [5.74, 6) is -1.42. The van der Waals surface area contributed by atoms with Gasteiger partial charge in [-0.3, -0.25) is 0 Å². The number of carbonyl (C=O) groups is 1. The Bertz CT molecular complexity index is 716. The van der Waals surface area contributed by atoms with Crippen molar-refractivity contribution in [2.75, 3.05) is 0 Å². The van der Waals surface area contributed by atoms with E-state index >= 15 is 0 Å². The smallest absolute Gasteiger partial charge is 0.337 e. The molecule has 2 N–H and O–H groups in total. The van der Waals surface area contributed by atoms with Gasteiger partial charge in [-0.25, -0.2) is 4.79 Å². The third-order valence-corrected chi connectivity index (χ3v) is 4.51. The van der Waals surface area contributed by atoms with Crippen LogP contribution in [0.4, 0.5) is 0 Å². The summed E-state index contributed by atoms with van der Waals surface area (Å²) in [7, 11) is 0. The summed E-state index contributed by atoms with van der Waals surface area (Å²) in [6.45, 7) is 0. The SMILES string of the molecule is O=C(O)C(O)c1c(Cl)cccc1-c1ccc(Cl)c(Cl)c1Cl. The maximum Gasteiger partial charge on any atom is 0.337 e. The van der Waals surface area contributed by atoms with Gasteiger partial charge in [0, 0.05) is 16.1 Å². The molecule has 0 heterocycles. The molecule has 0 aromatic heterocycles. The van der Waals surface area contributed by atoms with E-state index in [0.29, 0.717) is 11.1 Å². The fourth-order valence-electron chi connectivity index (χ4n) is 1.91. The Morgan fingerprint density at radius 1 is 0.905 bits per heavy atom. The van der Waals surface area contributed by atoms with Gasteiger partial charge in [-0.2, -0.15) is 0 Å². The number of benzene rings is 2. The van der Waals surface area contributed by atoms with Crippen molar-refractivity contribution < 1.29 is 15.0 Å². The number of rotatable bonds is 3. The van der Waals surface area contributed by atoms with Crippen molar-refractivity contribution in [1.82, 2.24) is 0 Å². The van der Waals surface area contributed by atoms with Crippen LogP contribution in [-0.2, 0) is 4.79 Å². The molecule has 21 heavy (non-hydrogen) atoms.